The molecule has 2 nitrogen and oxygen atoms in total. The summed E-state index contributed by atoms with van der Waals surface area (Å²) in [4.78, 5) is 0.716. The summed E-state index contributed by atoms with van der Waals surface area (Å²) in [6.45, 7) is 1.93. The molecule has 1 aromatic carbocycles. The molecule has 0 bridgehead atoms. The van der Waals surface area contributed by atoms with Crippen LogP contribution in [-0.2, 0) is 0 Å². The van der Waals surface area contributed by atoms with Gasteiger partial charge in [-0.05, 0) is 30.7 Å². The van der Waals surface area contributed by atoms with Crippen molar-refractivity contribution in [2.24, 2.45) is 0 Å². The number of rotatable bonds is 4. The summed E-state index contributed by atoms with van der Waals surface area (Å²) in [7, 11) is 0. The summed E-state index contributed by atoms with van der Waals surface area (Å²) in [6.07, 6.45) is -4.16. The van der Waals surface area contributed by atoms with Gasteiger partial charge < -0.3 is 5.32 Å². The van der Waals surface area contributed by atoms with Crippen molar-refractivity contribution in [3.05, 3.63) is 23.8 Å². The van der Waals surface area contributed by atoms with E-state index in [0.29, 0.717) is 10.5 Å². The second-order valence-electron chi connectivity index (χ2n) is 4.43. The summed E-state index contributed by atoms with van der Waals surface area (Å²) >= 11 is 1.45. The molecule has 0 saturated heterocycles. The van der Waals surface area contributed by atoms with Crippen LogP contribution in [0.15, 0.2) is 23.1 Å². The molecule has 0 heterocycles. The highest BCUT2D eigenvalue weighted by Crippen LogP contribution is 2.51. The Morgan fingerprint density at radius 2 is 2.11 bits per heavy atom. The van der Waals surface area contributed by atoms with E-state index in [-0.39, 0.29) is 18.5 Å². The van der Waals surface area contributed by atoms with E-state index in [2.05, 4.69) is 5.32 Å². The molecule has 1 N–H and O–H groups in total. The Bertz CT molecular complexity index is 516. The highest BCUT2D eigenvalue weighted by molar-refractivity contribution is 7.99. The van der Waals surface area contributed by atoms with E-state index in [1.807, 2.05) is 13.0 Å². The average Bonchev–Trinajstić information content (AvgIpc) is 3.10. The smallest absolute Gasteiger partial charge is 0.370 e. The van der Waals surface area contributed by atoms with Gasteiger partial charge in [-0.25, -0.2) is 0 Å². The first kappa shape index (κ1) is 14.1. The van der Waals surface area contributed by atoms with Crippen LogP contribution in [0, 0.1) is 11.3 Å². The van der Waals surface area contributed by atoms with Crippen molar-refractivity contribution < 1.29 is 13.2 Å². The van der Waals surface area contributed by atoms with Crippen LogP contribution in [0.5, 0.6) is 0 Å². The van der Waals surface area contributed by atoms with Crippen LogP contribution in [0.1, 0.15) is 25.3 Å². The van der Waals surface area contributed by atoms with E-state index in [0.717, 1.165) is 5.75 Å². The van der Waals surface area contributed by atoms with Crippen LogP contribution >= 0.6 is 11.8 Å². The topological polar surface area (TPSA) is 35.8 Å². The van der Waals surface area contributed by atoms with E-state index in [9.17, 15) is 13.2 Å². The molecule has 19 heavy (non-hydrogen) atoms. The van der Waals surface area contributed by atoms with Crippen molar-refractivity contribution >= 4 is 17.4 Å². The number of anilines is 1. The van der Waals surface area contributed by atoms with Crippen LogP contribution in [0.3, 0.4) is 0 Å². The maximum absolute atomic E-state index is 12.9. The Balaban J connectivity index is 2.32. The molecule has 1 aromatic rings. The van der Waals surface area contributed by atoms with Crippen molar-refractivity contribution in [2.45, 2.75) is 36.4 Å². The normalized spacial score (nSPS) is 16.8. The maximum atomic E-state index is 12.9. The maximum Gasteiger partial charge on any atom is 0.411 e. The molecule has 1 fully saturated rings. The molecule has 0 radical (unpaired) electrons. The lowest BCUT2D eigenvalue weighted by molar-refractivity contribution is -0.151. The van der Waals surface area contributed by atoms with Crippen LogP contribution in [0.2, 0.25) is 0 Å². The van der Waals surface area contributed by atoms with Gasteiger partial charge in [0, 0.05) is 4.90 Å². The minimum atomic E-state index is -4.28. The zero-order valence-electron chi connectivity index (χ0n) is 10.3. The molecule has 0 aromatic heterocycles. The van der Waals surface area contributed by atoms with Gasteiger partial charge in [-0.2, -0.15) is 18.4 Å². The highest BCUT2D eigenvalue weighted by atomic mass is 32.2. The van der Waals surface area contributed by atoms with Crippen LogP contribution in [-0.4, -0.2) is 17.5 Å². The third-order valence-corrected chi connectivity index (χ3v) is 4.04. The van der Waals surface area contributed by atoms with Crippen molar-refractivity contribution in [3.8, 4) is 6.07 Å². The number of hydrogen-bond donors (Lipinski definition) is 1. The van der Waals surface area contributed by atoms with E-state index in [4.69, 9.17) is 5.26 Å². The van der Waals surface area contributed by atoms with Crippen molar-refractivity contribution in [1.82, 2.24) is 0 Å². The molecule has 6 heteroatoms. The fourth-order valence-corrected chi connectivity index (χ4v) is 2.67. The zero-order valence-corrected chi connectivity index (χ0v) is 11.2. The molecule has 0 spiro atoms. The van der Waals surface area contributed by atoms with Gasteiger partial charge in [0.2, 0.25) is 0 Å². The summed E-state index contributed by atoms with van der Waals surface area (Å²) in [5, 5.41) is 11.7. The van der Waals surface area contributed by atoms with Crippen molar-refractivity contribution in [2.75, 3.05) is 11.1 Å². The first-order valence-electron chi connectivity index (χ1n) is 5.94. The second kappa shape index (κ2) is 4.97. The van der Waals surface area contributed by atoms with Gasteiger partial charge in [-0.1, -0.05) is 13.0 Å². The van der Waals surface area contributed by atoms with Gasteiger partial charge in [0.15, 0.2) is 0 Å². The van der Waals surface area contributed by atoms with Crippen LogP contribution in [0.25, 0.3) is 0 Å². The molecule has 1 aliphatic carbocycles. The Labute approximate surface area is 114 Å². The van der Waals surface area contributed by atoms with E-state index < -0.39 is 11.7 Å². The molecule has 1 saturated carbocycles. The highest BCUT2D eigenvalue weighted by Gasteiger charge is 2.63. The number of hydrogen-bond acceptors (Lipinski definition) is 3. The number of benzene rings is 1. The fourth-order valence-electron chi connectivity index (χ4n) is 1.89. The van der Waals surface area contributed by atoms with Gasteiger partial charge in [-0.3, -0.25) is 0 Å². The van der Waals surface area contributed by atoms with Gasteiger partial charge in [0.1, 0.15) is 11.6 Å². The third kappa shape index (κ3) is 2.66. The quantitative estimate of drug-likeness (QED) is 0.843. The molecule has 1 aliphatic rings. The van der Waals surface area contributed by atoms with Crippen LogP contribution in [0.4, 0.5) is 18.9 Å². The number of halogens is 3. The number of nitrogens with zero attached hydrogens (tertiary/aromatic N) is 1. The SMILES string of the molecule is CCSc1cccc(NC2(C(F)(F)F)CC2)c1C#N. The Morgan fingerprint density at radius 3 is 2.58 bits per heavy atom. The summed E-state index contributed by atoms with van der Waals surface area (Å²) in [5.41, 5.74) is -1.27. The Morgan fingerprint density at radius 1 is 1.42 bits per heavy atom. The first-order valence-corrected chi connectivity index (χ1v) is 6.93. The monoisotopic (exact) mass is 286 g/mol. The molecule has 0 unspecified atom stereocenters. The Hall–Kier alpha value is -1.35. The number of thioether (sulfide) groups is 1. The summed E-state index contributed by atoms with van der Waals surface area (Å²) in [5.74, 6) is 0.766. The third-order valence-electron chi connectivity index (χ3n) is 3.10. The van der Waals surface area contributed by atoms with Gasteiger partial charge in [0.05, 0.1) is 11.3 Å². The predicted molar refractivity (Wildman–Crippen MR) is 69.2 cm³/mol. The minimum Gasteiger partial charge on any atom is -0.370 e. The number of alkyl halides is 3. The molecule has 0 aliphatic heterocycles. The van der Waals surface area contributed by atoms with E-state index >= 15 is 0 Å². The fraction of sp³-hybridized carbons (Fsp3) is 0.462. The number of nitriles is 1. The Kier molecular flexibility index (Phi) is 3.68. The van der Waals surface area contributed by atoms with E-state index in [1.54, 1.807) is 12.1 Å². The average molecular weight is 286 g/mol. The first-order chi connectivity index (χ1) is 8.93. The molecule has 102 valence electrons. The molecular formula is C13H13F3N2S. The molecule has 0 atom stereocenters. The lowest BCUT2D eigenvalue weighted by Crippen LogP contribution is -2.38. The van der Waals surface area contributed by atoms with Gasteiger partial charge >= 0.3 is 6.18 Å². The van der Waals surface area contributed by atoms with Crippen molar-refractivity contribution in [3.63, 3.8) is 0 Å². The van der Waals surface area contributed by atoms with Gasteiger partial charge in [0.25, 0.3) is 0 Å². The summed E-state index contributed by atoms with van der Waals surface area (Å²) in [6, 6.07) is 6.96. The standard InChI is InChI=1S/C13H13F3N2S/c1-2-19-11-5-3-4-10(9(11)8-17)18-12(6-7-12)13(14,15)16/h3-5,18H,2,6-7H2,1H3. The summed E-state index contributed by atoms with van der Waals surface area (Å²) < 4.78 is 38.7. The molecular weight excluding hydrogens is 273 g/mol. The van der Waals surface area contributed by atoms with Crippen LogP contribution < -0.4 is 5.32 Å². The molecule has 2 rings (SSSR count). The lowest BCUT2D eigenvalue weighted by Gasteiger charge is -2.23. The minimum absolute atomic E-state index is 0.0620. The molecule has 0 amide bonds. The van der Waals surface area contributed by atoms with Crippen molar-refractivity contribution in [1.29, 1.82) is 5.26 Å². The number of nitrogens with one attached hydrogen (secondary N) is 1. The predicted octanol–water partition coefficient (Wildman–Crippen LogP) is 4.18. The second-order valence-corrected chi connectivity index (χ2v) is 5.73. The zero-order chi connectivity index (χ0) is 14.1. The lowest BCUT2D eigenvalue weighted by atomic mass is 10.1. The van der Waals surface area contributed by atoms with E-state index in [1.165, 1.54) is 17.8 Å². The van der Waals surface area contributed by atoms with Gasteiger partial charge in [-0.15, -0.1) is 11.8 Å². The largest absolute Gasteiger partial charge is 0.411 e.